The number of nitrogens with one attached hydrogen (secondary N) is 1. The molecule has 0 fully saturated rings. The SMILES string of the molecule is CCCc1sc(C(=O)Nc2ccc(C(=O)N(C)C)cc2)cc1CC. The number of aryl methyl sites for hydroxylation is 2. The number of carbonyl (C=O) groups excluding carboxylic acids is 2. The number of hydrogen-bond acceptors (Lipinski definition) is 3. The van der Waals surface area contributed by atoms with Crippen LogP contribution in [0.3, 0.4) is 0 Å². The van der Waals surface area contributed by atoms with Crippen molar-refractivity contribution in [1.29, 1.82) is 0 Å². The van der Waals surface area contributed by atoms with Gasteiger partial charge in [0, 0.05) is 30.2 Å². The average Bonchev–Trinajstić information content (AvgIpc) is 2.98. The lowest BCUT2D eigenvalue weighted by molar-refractivity contribution is 0.0827. The van der Waals surface area contributed by atoms with Crippen LogP contribution in [0.5, 0.6) is 0 Å². The van der Waals surface area contributed by atoms with Gasteiger partial charge in [-0.05, 0) is 48.7 Å². The number of amides is 2. The van der Waals surface area contributed by atoms with Crippen LogP contribution in [0.4, 0.5) is 5.69 Å². The maximum Gasteiger partial charge on any atom is 0.265 e. The highest BCUT2D eigenvalue weighted by Gasteiger charge is 2.14. The molecule has 1 aromatic heterocycles. The molecule has 0 aliphatic rings. The third-order valence-corrected chi connectivity index (χ3v) is 5.01. The molecule has 0 saturated heterocycles. The number of thiophene rings is 1. The molecule has 128 valence electrons. The summed E-state index contributed by atoms with van der Waals surface area (Å²) in [5, 5.41) is 2.91. The van der Waals surface area contributed by atoms with Crippen LogP contribution in [0, 0.1) is 0 Å². The van der Waals surface area contributed by atoms with Crippen molar-refractivity contribution in [2.75, 3.05) is 19.4 Å². The van der Waals surface area contributed by atoms with Crippen molar-refractivity contribution < 1.29 is 9.59 Å². The molecular weight excluding hydrogens is 320 g/mol. The highest BCUT2D eigenvalue weighted by molar-refractivity contribution is 7.14. The van der Waals surface area contributed by atoms with Gasteiger partial charge in [-0.15, -0.1) is 11.3 Å². The molecule has 1 aromatic carbocycles. The summed E-state index contributed by atoms with van der Waals surface area (Å²) in [4.78, 5) is 27.9. The van der Waals surface area contributed by atoms with E-state index in [4.69, 9.17) is 0 Å². The molecule has 0 spiro atoms. The van der Waals surface area contributed by atoms with E-state index in [1.165, 1.54) is 15.3 Å². The van der Waals surface area contributed by atoms with Crippen LogP contribution in [0.25, 0.3) is 0 Å². The Morgan fingerprint density at radius 1 is 1.12 bits per heavy atom. The number of hydrogen-bond donors (Lipinski definition) is 1. The van der Waals surface area contributed by atoms with Crippen LogP contribution >= 0.6 is 11.3 Å². The number of rotatable bonds is 6. The lowest BCUT2D eigenvalue weighted by Crippen LogP contribution is -2.21. The van der Waals surface area contributed by atoms with Gasteiger partial charge in [0.15, 0.2) is 0 Å². The van der Waals surface area contributed by atoms with Crippen molar-refractivity contribution >= 4 is 28.8 Å². The zero-order valence-corrected chi connectivity index (χ0v) is 15.5. The largest absolute Gasteiger partial charge is 0.345 e. The van der Waals surface area contributed by atoms with Gasteiger partial charge < -0.3 is 10.2 Å². The second-order valence-corrected chi connectivity index (χ2v) is 7.03. The van der Waals surface area contributed by atoms with Gasteiger partial charge in [-0.3, -0.25) is 9.59 Å². The molecule has 0 saturated carbocycles. The minimum atomic E-state index is -0.0938. The predicted molar refractivity (Wildman–Crippen MR) is 100 cm³/mol. The van der Waals surface area contributed by atoms with Gasteiger partial charge in [0.25, 0.3) is 11.8 Å². The standard InChI is InChI=1S/C19H24N2O2S/c1-5-7-16-13(6-2)12-17(24-16)18(22)20-15-10-8-14(9-11-15)19(23)21(3)4/h8-12H,5-7H2,1-4H3,(H,20,22). The molecule has 1 heterocycles. The fourth-order valence-electron chi connectivity index (χ4n) is 2.46. The predicted octanol–water partition coefficient (Wildman–Crippen LogP) is 4.22. The van der Waals surface area contributed by atoms with Crippen molar-refractivity contribution in [2.45, 2.75) is 33.1 Å². The highest BCUT2D eigenvalue weighted by Crippen LogP contribution is 2.25. The first kappa shape index (κ1) is 18.2. The van der Waals surface area contributed by atoms with E-state index in [0.29, 0.717) is 11.3 Å². The fourth-order valence-corrected chi connectivity index (χ4v) is 3.71. The van der Waals surface area contributed by atoms with Gasteiger partial charge >= 0.3 is 0 Å². The molecule has 5 heteroatoms. The zero-order chi connectivity index (χ0) is 17.7. The molecule has 0 aliphatic carbocycles. The van der Waals surface area contributed by atoms with Gasteiger partial charge in [-0.25, -0.2) is 0 Å². The minimum Gasteiger partial charge on any atom is -0.345 e. The molecule has 0 radical (unpaired) electrons. The van der Waals surface area contributed by atoms with E-state index in [1.807, 2.05) is 6.07 Å². The molecule has 1 N–H and O–H groups in total. The lowest BCUT2D eigenvalue weighted by atomic mass is 10.1. The van der Waals surface area contributed by atoms with Crippen LogP contribution in [0.1, 0.15) is 50.7 Å². The molecule has 0 unspecified atom stereocenters. The molecular formula is C19H24N2O2S. The Morgan fingerprint density at radius 3 is 2.33 bits per heavy atom. The normalized spacial score (nSPS) is 10.5. The Balaban J connectivity index is 2.11. The zero-order valence-electron chi connectivity index (χ0n) is 14.7. The van der Waals surface area contributed by atoms with Gasteiger partial charge in [0.2, 0.25) is 0 Å². The van der Waals surface area contributed by atoms with Crippen LogP contribution in [-0.2, 0) is 12.8 Å². The summed E-state index contributed by atoms with van der Waals surface area (Å²) in [7, 11) is 3.43. The van der Waals surface area contributed by atoms with Crippen LogP contribution in [0.2, 0.25) is 0 Å². The Kier molecular flexibility index (Phi) is 6.15. The van der Waals surface area contributed by atoms with Gasteiger partial charge in [0.05, 0.1) is 4.88 Å². The first-order chi connectivity index (χ1) is 11.5. The monoisotopic (exact) mass is 344 g/mol. The number of nitrogens with zero attached hydrogens (tertiary/aromatic N) is 1. The maximum absolute atomic E-state index is 12.5. The molecule has 0 aliphatic heterocycles. The van der Waals surface area contributed by atoms with Crippen molar-refractivity contribution in [1.82, 2.24) is 4.90 Å². The Morgan fingerprint density at radius 2 is 1.79 bits per heavy atom. The van der Waals surface area contributed by atoms with Crippen molar-refractivity contribution in [2.24, 2.45) is 0 Å². The molecule has 2 rings (SSSR count). The molecule has 2 amide bonds. The fraction of sp³-hybridized carbons (Fsp3) is 0.368. The number of benzene rings is 1. The molecule has 0 atom stereocenters. The summed E-state index contributed by atoms with van der Waals surface area (Å²) >= 11 is 1.58. The summed E-state index contributed by atoms with van der Waals surface area (Å²) in [6.07, 6.45) is 3.04. The molecule has 0 bridgehead atoms. The number of anilines is 1. The molecule has 24 heavy (non-hydrogen) atoms. The van der Waals surface area contributed by atoms with E-state index in [9.17, 15) is 9.59 Å². The average molecular weight is 344 g/mol. The first-order valence-corrected chi connectivity index (χ1v) is 9.02. The second kappa shape index (κ2) is 8.11. The summed E-state index contributed by atoms with van der Waals surface area (Å²) in [5.74, 6) is -0.147. The summed E-state index contributed by atoms with van der Waals surface area (Å²) in [5.41, 5.74) is 2.56. The van der Waals surface area contributed by atoms with Gasteiger partial charge in [0.1, 0.15) is 0 Å². The number of carbonyl (C=O) groups is 2. The smallest absolute Gasteiger partial charge is 0.265 e. The third-order valence-electron chi connectivity index (χ3n) is 3.77. The van der Waals surface area contributed by atoms with Crippen molar-refractivity contribution in [3.05, 3.63) is 51.2 Å². The topological polar surface area (TPSA) is 49.4 Å². The van der Waals surface area contributed by atoms with Gasteiger partial charge in [-0.2, -0.15) is 0 Å². The van der Waals surface area contributed by atoms with Crippen LogP contribution in [-0.4, -0.2) is 30.8 Å². The van der Waals surface area contributed by atoms with E-state index in [0.717, 1.165) is 24.1 Å². The summed E-state index contributed by atoms with van der Waals surface area (Å²) in [6, 6.07) is 8.97. The van der Waals surface area contributed by atoms with Crippen molar-refractivity contribution in [3.8, 4) is 0 Å². The molecule has 2 aromatic rings. The van der Waals surface area contributed by atoms with E-state index in [1.54, 1.807) is 49.7 Å². The quantitative estimate of drug-likeness (QED) is 0.853. The van der Waals surface area contributed by atoms with E-state index >= 15 is 0 Å². The Labute approximate surface area is 147 Å². The van der Waals surface area contributed by atoms with Crippen molar-refractivity contribution in [3.63, 3.8) is 0 Å². The summed E-state index contributed by atoms with van der Waals surface area (Å²) in [6.45, 7) is 4.26. The van der Waals surface area contributed by atoms with E-state index in [2.05, 4.69) is 19.2 Å². The van der Waals surface area contributed by atoms with E-state index in [-0.39, 0.29) is 11.8 Å². The second-order valence-electron chi connectivity index (χ2n) is 5.89. The highest BCUT2D eigenvalue weighted by atomic mass is 32.1. The minimum absolute atomic E-state index is 0.0528. The molecule has 4 nitrogen and oxygen atoms in total. The summed E-state index contributed by atoms with van der Waals surface area (Å²) < 4.78 is 0. The lowest BCUT2D eigenvalue weighted by Gasteiger charge is -2.10. The van der Waals surface area contributed by atoms with Crippen LogP contribution in [0.15, 0.2) is 30.3 Å². The third kappa shape index (κ3) is 4.23. The van der Waals surface area contributed by atoms with Crippen LogP contribution < -0.4 is 5.32 Å². The maximum atomic E-state index is 12.5. The van der Waals surface area contributed by atoms with Gasteiger partial charge in [-0.1, -0.05) is 20.3 Å². The first-order valence-electron chi connectivity index (χ1n) is 8.20. The Bertz CT molecular complexity index is 717. The Hall–Kier alpha value is -2.14. The van der Waals surface area contributed by atoms with E-state index < -0.39 is 0 Å².